The number of hydrogen-bond acceptors (Lipinski definition) is 3. The highest BCUT2D eigenvalue weighted by atomic mass is 16.6. The average molecular weight is 335 g/mol. The average Bonchev–Trinajstić information content (AvgIpc) is 2.90. The van der Waals surface area contributed by atoms with E-state index in [1.54, 1.807) is 0 Å². The lowest BCUT2D eigenvalue weighted by Gasteiger charge is -2.29. The third-order valence-electron chi connectivity index (χ3n) is 3.83. The number of nitrogens with one attached hydrogen (secondary N) is 1. The Kier molecular flexibility index (Phi) is 7.59. The lowest BCUT2D eigenvalue weighted by Crippen LogP contribution is -2.43. The predicted octanol–water partition coefficient (Wildman–Crippen LogP) is 4.79. The second kappa shape index (κ2) is 8.95. The molecule has 1 amide bonds. The molecule has 1 rings (SSSR count). The lowest BCUT2D eigenvalue weighted by molar-refractivity contribution is 0.0228. The van der Waals surface area contributed by atoms with Gasteiger partial charge in [-0.2, -0.15) is 0 Å². The van der Waals surface area contributed by atoms with Crippen molar-refractivity contribution in [3.63, 3.8) is 0 Å². The van der Waals surface area contributed by atoms with Crippen LogP contribution >= 0.6 is 0 Å². The van der Waals surface area contributed by atoms with Crippen molar-refractivity contribution < 1.29 is 9.53 Å². The van der Waals surface area contributed by atoms with Crippen LogP contribution in [-0.4, -0.2) is 35.7 Å². The molecule has 1 N–H and O–H groups in total. The van der Waals surface area contributed by atoms with Gasteiger partial charge in [0.25, 0.3) is 0 Å². The van der Waals surface area contributed by atoms with Crippen LogP contribution in [0.15, 0.2) is 35.1 Å². The third kappa shape index (κ3) is 7.24. The van der Waals surface area contributed by atoms with E-state index in [0.717, 1.165) is 31.6 Å². The summed E-state index contributed by atoms with van der Waals surface area (Å²) in [5, 5.41) is 3.50. The molecule has 0 aromatic heterocycles. The van der Waals surface area contributed by atoms with E-state index in [9.17, 15) is 4.79 Å². The van der Waals surface area contributed by atoms with Gasteiger partial charge in [-0.3, -0.25) is 0 Å². The minimum atomic E-state index is -0.451. The molecule has 1 heterocycles. The second-order valence-corrected chi connectivity index (χ2v) is 7.70. The SMILES string of the molecule is C/C=C(C)\C=C(/C=C(C)C)NCC1CCCN1C(=O)OC(C)(C)C. The first-order valence-corrected chi connectivity index (χ1v) is 8.85. The molecule has 1 atom stereocenters. The highest BCUT2D eigenvalue weighted by Gasteiger charge is 2.31. The Balaban J connectivity index is 2.74. The fourth-order valence-electron chi connectivity index (χ4n) is 2.63. The zero-order valence-electron chi connectivity index (χ0n) is 16.4. The van der Waals surface area contributed by atoms with Crippen LogP contribution in [0.3, 0.4) is 0 Å². The molecule has 0 aliphatic carbocycles. The fourth-order valence-corrected chi connectivity index (χ4v) is 2.63. The number of ether oxygens (including phenoxy) is 1. The molecule has 0 spiro atoms. The van der Waals surface area contributed by atoms with Crippen molar-refractivity contribution in [2.75, 3.05) is 13.1 Å². The van der Waals surface area contributed by atoms with Crippen LogP contribution in [-0.2, 0) is 4.74 Å². The molecule has 0 radical (unpaired) electrons. The van der Waals surface area contributed by atoms with Crippen molar-refractivity contribution in [2.45, 2.75) is 73.0 Å². The van der Waals surface area contributed by atoms with Crippen molar-refractivity contribution in [3.8, 4) is 0 Å². The Bertz CT molecular complexity index is 520. The molecular formula is C20H34N2O2. The van der Waals surface area contributed by atoms with Crippen LogP contribution in [0.4, 0.5) is 4.79 Å². The van der Waals surface area contributed by atoms with Crippen molar-refractivity contribution in [1.82, 2.24) is 10.2 Å². The maximum absolute atomic E-state index is 12.4. The third-order valence-corrected chi connectivity index (χ3v) is 3.83. The van der Waals surface area contributed by atoms with E-state index in [4.69, 9.17) is 4.74 Å². The van der Waals surface area contributed by atoms with E-state index in [1.807, 2.05) is 32.6 Å². The van der Waals surface area contributed by atoms with E-state index in [0.29, 0.717) is 0 Å². The Hall–Kier alpha value is -1.71. The molecule has 0 saturated carbocycles. The summed E-state index contributed by atoms with van der Waals surface area (Å²) in [6.45, 7) is 15.5. The number of rotatable bonds is 5. The molecule has 0 aromatic carbocycles. The molecule has 1 aliphatic heterocycles. The van der Waals surface area contributed by atoms with Crippen LogP contribution in [0.5, 0.6) is 0 Å². The maximum Gasteiger partial charge on any atom is 0.410 e. The Morgan fingerprint density at radius 3 is 2.46 bits per heavy atom. The summed E-state index contributed by atoms with van der Waals surface area (Å²) in [6, 6.07) is 0.180. The minimum Gasteiger partial charge on any atom is -0.444 e. The first-order chi connectivity index (χ1) is 11.1. The van der Waals surface area contributed by atoms with E-state index < -0.39 is 5.60 Å². The zero-order valence-corrected chi connectivity index (χ0v) is 16.4. The molecule has 1 fully saturated rings. The number of carbonyl (C=O) groups excluding carboxylic acids is 1. The van der Waals surface area contributed by atoms with Crippen molar-refractivity contribution in [3.05, 3.63) is 35.1 Å². The highest BCUT2D eigenvalue weighted by molar-refractivity contribution is 5.69. The molecule has 4 nitrogen and oxygen atoms in total. The number of nitrogens with zero attached hydrogens (tertiary/aromatic N) is 1. The van der Waals surface area contributed by atoms with Crippen LogP contribution < -0.4 is 5.32 Å². The normalized spacial score (nSPS) is 19.3. The lowest BCUT2D eigenvalue weighted by atomic mass is 10.1. The smallest absolute Gasteiger partial charge is 0.410 e. The molecular weight excluding hydrogens is 300 g/mol. The van der Waals surface area contributed by atoms with Gasteiger partial charge in [-0.1, -0.05) is 17.2 Å². The number of amides is 1. The van der Waals surface area contributed by atoms with Gasteiger partial charge in [0.05, 0.1) is 6.04 Å². The summed E-state index contributed by atoms with van der Waals surface area (Å²) >= 11 is 0. The number of allylic oxidation sites excluding steroid dienone is 5. The number of likely N-dealkylation sites (tertiary alicyclic amines) is 1. The standard InChI is InChI=1S/C20H34N2O2/c1-8-16(4)13-17(12-15(2)3)21-14-18-10-9-11-22(18)19(23)24-20(5,6)7/h8,12-13,18,21H,9-11,14H2,1-7H3/b16-8-,17-13+. The zero-order chi connectivity index (χ0) is 18.3. The first kappa shape index (κ1) is 20.3. The van der Waals surface area contributed by atoms with Crippen molar-refractivity contribution in [2.24, 2.45) is 0 Å². The van der Waals surface area contributed by atoms with Gasteiger partial charge in [0.1, 0.15) is 5.60 Å². The van der Waals surface area contributed by atoms with Gasteiger partial charge in [0.2, 0.25) is 0 Å². The summed E-state index contributed by atoms with van der Waals surface area (Å²) in [4.78, 5) is 14.2. The summed E-state index contributed by atoms with van der Waals surface area (Å²) < 4.78 is 5.53. The predicted molar refractivity (Wildman–Crippen MR) is 101 cm³/mol. The number of carbonyl (C=O) groups is 1. The largest absolute Gasteiger partial charge is 0.444 e. The summed E-state index contributed by atoms with van der Waals surface area (Å²) in [6.07, 6.45) is 8.20. The second-order valence-electron chi connectivity index (χ2n) is 7.70. The number of hydrogen-bond donors (Lipinski definition) is 1. The Morgan fingerprint density at radius 2 is 1.92 bits per heavy atom. The van der Waals surface area contributed by atoms with Gasteiger partial charge < -0.3 is 15.0 Å². The van der Waals surface area contributed by atoms with Gasteiger partial charge in [0, 0.05) is 18.8 Å². The minimum absolute atomic E-state index is 0.180. The highest BCUT2D eigenvalue weighted by Crippen LogP contribution is 2.20. The van der Waals surface area contributed by atoms with Crippen molar-refractivity contribution >= 4 is 6.09 Å². The first-order valence-electron chi connectivity index (χ1n) is 8.85. The quantitative estimate of drug-likeness (QED) is 0.735. The molecule has 1 aliphatic rings. The molecule has 24 heavy (non-hydrogen) atoms. The van der Waals surface area contributed by atoms with Crippen LogP contribution in [0.2, 0.25) is 0 Å². The van der Waals surface area contributed by atoms with Gasteiger partial charge in [0.15, 0.2) is 0 Å². The topological polar surface area (TPSA) is 41.6 Å². The molecule has 1 unspecified atom stereocenters. The molecule has 0 aromatic rings. The fraction of sp³-hybridized carbons (Fsp3) is 0.650. The van der Waals surface area contributed by atoms with Gasteiger partial charge in [-0.15, -0.1) is 0 Å². The monoisotopic (exact) mass is 334 g/mol. The molecule has 4 heteroatoms. The van der Waals surface area contributed by atoms with Gasteiger partial charge in [-0.05, 0) is 73.5 Å². The summed E-state index contributed by atoms with van der Waals surface area (Å²) in [7, 11) is 0. The summed E-state index contributed by atoms with van der Waals surface area (Å²) in [5.41, 5.74) is 3.09. The van der Waals surface area contributed by atoms with E-state index in [-0.39, 0.29) is 12.1 Å². The van der Waals surface area contributed by atoms with Crippen LogP contribution in [0, 0.1) is 0 Å². The van der Waals surface area contributed by atoms with E-state index in [2.05, 4.69) is 44.3 Å². The maximum atomic E-state index is 12.4. The van der Waals surface area contributed by atoms with Crippen LogP contribution in [0.25, 0.3) is 0 Å². The molecule has 0 bridgehead atoms. The van der Waals surface area contributed by atoms with Gasteiger partial charge >= 0.3 is 6.09 Å². The Morgan fingerprint density at radius 1 is 1.25 bits per heavy atom. The van der Waals surface area contributed by atoms with E-state index in [1.165, 1.54) is 11.1 Å². The van der Waals surface area contributed by atoms with E-state index >= 15 is 0 Å². The molecule has 1 saturated heterocycles. The van der Waals surface area contributed by atoms with Crippen molar-refractivity contribution in [1.29, 1.82) is 0 Å². The summed E-state index contributed by atoms with van der Waals surface area (Å²) in [5.74, 6) is 0. The Labute approximate surface area is 147 Å². The van der Waals surface area contributed by atoms with Gasteiger partial charge in [-0.25, -0.2) is 4.79 Å². The molecule has 136 valence electrons. The van der Waals surface area contributed by atoms with Crippen LogP contribution in [0.1, 0.15) is 61.3 Å².